The van der Waals surface area contributed by atoms with E-state index >= 15 is 0 Å². The molecule has 33 heavy (non-hydrogen) atoms. The van der Waals surface area contributed by atoms with Crippen LogP contribution in [-0.4, -0.2) is 12.8 Å². The van der Waals surface area contributed by atoms with Crippen LogP contribution in [-0.2, 0) is 6.61 Å². The minimum absolute atomic E-state index is 0.468. The Bertz CT molecular complexity index is 1260. The molecule has 0 saturated carbocycles. The molecule has 0 aliphatic rings. The minimum atomic E-state index is 0.468. The van der Waals surface area contributed by atoms with E-state index in [9.17, 15) is 0 Å². The summed E-state index contributed by atoms with van der Waals surface area (Å²) < 4.78 is 6.41. The predicted molar refractivity (Wildman–Crippen MR) is 143 cm³/mol. The largest absolute Gasteiger partial charge is 0.488 e. The molecule has 0 aliphatic heterocycles. The highest BCUT2D eigenvalue weighted by Crippen LogP contribution is 2.28. The van der Waals surface area contributed by atoms with Gasteiger partial charge in [0.05, 0.1) is 5.71 Å². The fourth-order valence-electron chi connectivity index (χ4n) is 4.14. The van der Waals surface area contributed by atoms with Crippen molar-refractivity contribution in [1.29, 1.82) is 0 Å². The SMILES string of the molecule is CN=C(c1ccccc1)c1cccc(C)c1Pc1cc(C)cc(C)c1OCc1ccccc1. The third-order valence-corrected chi connectivity index (χ3v) is 7.26. The summed E-state index contributed by atoms with van der Waals surface area (Å²) in [4.78, 5) is 4.70. The van der Waals surface area contributed by atoms with Gasteiger partial charge in [-0.1, -0.05) is 93.5 Å². The summed E-state index contributed by atoms with van der Waals surface area (Å²) in [6.07, 6.45) is 0. The summed E-state index contributed by atoms with van der Waals surface area (Å²) >= 11 is 0. The molecule has 1 atom stereocenters. The van der Waals surface area contributed by atoms with Crippen molar-refractivity contribution in [3.8, 4) is 5.75 Å². The fourth-order valence-corrected chi connectivity index (χ4v) is 5.70. The normalized spacial score (nSPS) is 11.8. The molecule has 166 valence electrons. The highest BCUT2D eigenvalue weighted by Gasteiger charge is 2.17. The van der Waals surface area contributed by atoms with E-state index in [1.54, 1.807) is 0 Å². The molecule has 1 unspecified atom stereocenters. The van der Waals surface area contributed by atoms with E-state index in [2.05, 4.69) is 99.6 Å². The number of rotatable bonds is 7. The molecule has 0 N–H and O–H groups in total. The van der Waals surface area contributed by atoms with Gasteiger partial charge < -0.3 is 4.74 Å². The summed E-state index contributed by atoms with van der Waals surface area (Å²) in [6.45, 7) is 7.05. The van der Waals surface area contributed by atoms with Crippen molar-refractivity contribution in [3.05, 3.63) is 124 Å². The lowest BCUT2D eigenvalue weighted by atomic mass is 10.0. The van der Waals surface area contributed by atoms with E-state index in [-0.39, 0.29) is 0 Å². The molecule has 4 rings (SSSR count). The molecule has 0 bridgehead atoms. The number of aliphatic imine (C=N–C) groups is 1. The zero-order valence-electron chi connectivity index (χ0n) is 19.7. The van der Waals surface area contributed by atoms with Crippen LogP contribution >= 0.6 is 8.58 Å². The lowest BCUT2D eigenvalue weighted by molar-refractivity contribution is 0.307. The van der Waals surface area contributed by atoms with Gasteiger partial charge in [0.15, 0.2) is 0 Å². The van der Waals surface area contributed by atoms with Gasteiger partial charge in [-0.15, -0.1) is 0 Å². The highest BCUT2D eigenvalue weighted by atomic mass is 31.1. The smallest absolute Gasteiger partial charge is 0.130 e. The first-order valence-electron chi connectivity index (χ1n) is 11.2. The molecule has 4 aromatic carbocycles. The van der Waals surface area contributed by atoms with Gasteiger partial charge in [0.25, 0.3) is 0 Å². The monoisotopic (exact) mass is 451 g/mol. The highest BCUT2D eigenvalue weighted by molar-refractivity contribution is 7.56. The zero-order chi connectivity index (χ0) is 23.2. The second-order valence-electron chi connectivity index (χ2n) is 8.29. The van der Waals surface area contributed by atoms with Gasteiger partial charge in [-0.3, -0.25) is 4.99 Å². The first-order chi connectivity index (χ1) is 16.1. The Morgan fingerprint density at radius 1 is 0.788 bits per heavy atom. The number of hydrogen-bond donors (Lipinski definition) is 0. The summed E-state index contributed by atoms with van der Waals surface area (Å²) in [5.41, 5.74) is 8.23. The van der Waals surface area contributed by atoms with Crippen molar-refractivity contribution < 1.29 is 4.74 Å². The summed E-state index contributed by atoms with van der Waals surface area (Å²) in [6, 6.07) is 31.8. The molecular formula is C30H30NOP. The minimum Gasteiger partial charge on any atom is -0.488 e. The van der Waals surface area contributed by atoms with Crippen LogP contribution in [0.1, 0.15) is 33.4 Å². The summed E-state index contributed by atoms with van der Waals surface area (Å²) in [7, 11) is 2.35. The molecule has 3 heteroatoms. The lowest BCUT2D eigenvalue weighted by Gasteiger charge is -2.19. The van der Waals surface area contributed by atoms with Crippen LogP contribution in [0.4, 0.5) is 0 Å². The Hall–Kier alpha value is -3.22. The van der Waals surface area contributed by atoms with Crippen molar-refractivity contribution in [2.24, 2.45) is 4.99 Å². The Morgan fingerprint density at radius 2 is 1.48 bits per heavy atom. The van der Waals surface area contributed by atoms with Crippen LogP contribution in [0, 0.1) is 20.8 Å². The molecule has 0 saturated heterocycles. The van der Waals surface area contributed by atoms with E-state index in [1.807, 2.05) is 19.2 Å². The van der Waals surface area contributed by atoms with Crippen molar-refractivity contribution in [2.75, 3.05) is 7.05 Å². The maximum absolute atomic E-state index is 6.41. The molecule has 0 spiro atoms. The average Bonchev–Trinajstić information content (AvgIpc) is 2.82. The number of ether oxygens (including phenoxy) is 1. The van der Waals surface area contributed by atoms with Crippen molar-refractivity contribution in [2.45, 2.75) is 27.4 Å². The van der Waals surface area contributed by atoms with Gasteiger partial charge in [0.2, 0.25) is 0 Å². The molecular weight excluding hydrogens is 421 g/mol. The number of aryl methyl sites for hydroxylation is 3. The van der Waals surface area contributed by atoms with Crippen LogP contribution in [0.25, 0.3) is 0 Å². The van der Waals surface area contributed by atoms with Crippen molar-refractivity contribution in [3.63, 3.8) is 0 Å². The van der Waals surface area contributed by atoms with Crippen molar-refractivity contribution >= 4 is 24.9 Å². The second kappa shape index (κ2) is 10.6. The van der Waals surface area contributed by atoms with Gasteiger partial charge in [0, 0.05) is 23.5 Å². The molecule has 0 amide bonds. The maximum Gasteiger partial charge on any atom is 0.130 e. The van der Waals surface area contributed by atoms with Crippen LogP contribution in [0.5, 0.6) is 5.75 Å². The maximum atomic E-state index is 6.41. The topological polar surface area (TPSA) is 21.6 Å². The van der Waals surface area contributed by atoms with Gasteiger partial charge in [0.1, 0.15) is 12.4 Å². The van der Waals surface area contributed by atoms with E-state index in [4.69, 9.17) is 9.73 Å². The third-order valence-electron chi connectivity index (χ3n) is 5.70. The standard InChI is InChI=1S/C30H30NOP/c1-21-18-23(3)29(32-20-24-13-7-5-8-14-24)27(19-21)33-30-22(2)12-11-17-26(30)28(31-4)25-15-9-6-10-16-25/h5-19,33H,20H2,1-4H3. The quantitative estimate of drug-likeness (QED) is 0.239. The van der Waals surface area contributed by atoms with Crippen LogP contribution in [0.15, 0.2) is 96.0 Å². The number of benzene rings is 4. The van der Waals surface area contributed by atoms with E-state index in [1.165, 1.54) is 38.4 Å². The molecule has 4 aromatic rings. The van der Waals surface area contributed by atoms with E-state index in [0.717, 1.165) is 17.0 Å². The predicted octanol–water partition coefficient (Wildman–Crippen LogP) is 6.29. The molecule has 0 aliphatic carbocycles. The van der Waals surface area contributed by atoms with Crippen LogP contribution < -0.4 is 15.3 Å². The molecule has 2 nitrogen and oxygen atoms in total. The fraction of sp³-hybridized carbons (Fsp3) is 0.167. The van der Waals surface area contributed by atoms with Crippen LogP contribution in [0.3, 0.4) is 0 Å². The molecule has 0 fully saturated rings. The van der Waals surface area contributed by atoms with Gasteiger partial charge in [-0.05, 0) is 54.4 Å². The number of hydrogen-bond acceptors (Lipinski definition) is 2. The van der Waals surface area contributed by atoms with Gasteiger partial charge in [-0.25, -0.2) is 0 Å². The van der Waals surface area contributed by atoms with Gasteiger partial charge >= 0.3 is 0 Å². The van der Waals surface area contributed by atoms with Crippen molar-refractivity contribution in [1.82, 2.24) is 0 Å². The average molecular weight is 452 g/mol. The first-order valence-corrected chi connectivity index (χ1v) is 12.2. The molecule has 0 heterocycles. The summed E-state index contributed by atoms with van der Waals surface area (Å²) in [5, 5.41) is 2.55. The van der Waals surface area contributed by atoms with E-state index < -0.39 is 0 Å². The Balaban J connectivity index is 1.74. The van der Waals surface area contributed by atoms with E-state index in [0.29, 0.717) is 15.2 Å². The summed E-state index contributed by atoms with van der Waals surface area (Å²) in [5.74, 6) is 0.992. The lowest BCUT2D eigenvalue weighted by Crippen LogP contribution is -2.19. The molecule has 0 aromatic heterocycles. The second-order valence-corrected chi connectivity index (χ2v) is 9.58. The van der Waals surface area contributed by atoms with Gasteiger partial charge in [-0.2, -0.15) is 0 Å². The molecule has 0 radical (unpaired) electrons. The Kier molecular flexibility index (Phi) is 7.37. The first kappa shape index (κ1) is 23.0. The Labute approximate surface area is 199 Å². The Morgan fingerprint density at radius 3 is 2.18 bits per heavy atom. The number of nitrogens with zero attached hydrogens (tertiary/aromatic N) is 1. The zero-order valence-corrected chi connectivity index (χ0v) is 20.7. The third kappa shape index (κ3) is 5.41. The van der Waals surface area contributed by atoms with Crippen LogP contribution in [0.2, 0.25) is 0 Å².